The molecular formula is C14H17FINO. The molecule has 0 saturated heterocycles. The van der Waals surface area contributed by atoms with Gasteiger partial charge in [0.2, 0.25) is 5.91 Å². The van der Waals surface area contributed by atoms with Crippen molar-refractivity contribution in [2.75, 3.05) is 5.32 Å². The van der Waals surface area contributed by atoms with Gasteiger partial charge in [-0.15, -0.1) is 0 Å². The fourth-order valence-corrected chi connectivity index (χ4v) is 3.26. The summed E-state index contributed by atoms with van der Waals surface area (Å²) in [6.07, 6.45) is 0. The number of nitrogens with one attached hydrogen (secondary N) is 1. The van der Waals surface area contributed by atoms with Crippen LogP contribution in [-0.4, -0.2) is 5.91 Å². The van der Waals surface area contributed by atoms with Crippen molar-refractivity contribution in [3.63, 3.8) is 0 Å². The van der Waals surface area contributed by atoms with Crippen LogP contribution in [0.3, 0.4) is 0 Å². The number of amides is 1. The van der Waals surface area contributed by atoms with Crippen molar-refractivity contribution in [2.24, 2.45) is 16.7 Å². The molecule has 1 aliphatic rings. The first-order valence-electron chi connectivity index (χ1n) is 5.94. The third-order valence-corrected chi connectivity index (χ3v) is 5.36. The summed E-state index contributed by atoms with van der Waals surface area (Å²) < 4.78 is 13.7. The van der Waals surface area contributed by atoms with Crippen LogP contribution in [0.2, 0.25) is 0 Å². The van der Waals surface area contributed by atoms with Gasteiger partial charge in [0.25, 0.3) is 0 Å². The molecule has 18 heavy (non-hydrogen) atoms. The van der Waals surface area contributed by atoms with E-state index in [4.69, 9.17) is 0 Å². The summed E-state index contributed by atoms with van der Waals surface area (Å²) in [4.78, 5) is 12.2. The molecule has 0 unspecified atom stereocenters. The summed E-state index contributed by atoms with van der Waals surface area (Å²) in [6.45, 7) is 8.42. The van der Waals surface area contributed by atoms with Crippen molar-refractivity contribution in [2.45, 2.75) is 27.7 Å². The van der Waals surface area contributed by atoms with E-state index in [-0.39, 0.29) is 28.5 Å². The minimum atomic E-state index is -0.288. The molecule has 1 aliphatic carbocycles. The van der Waals surface area contributed by atoms with Gasteiger partial charge >= 0.3 is 0 Å². The molecule has 0 spiro atoms. The van der Waals surface area contributed by atoms with E-state index in [2.05, 4.69) is 33.0 Å². The Kier molecular flexibility index (Phi) is 3.20. The van der Waals surface area contributed by atoms with Gasteiger partial charge in [0.1, 0.15) is 5.82 Å². The number of hydrogen-bond acceptors (Lipinski definition) is 1. The van der Waals surface area contributed by atoms with Crippen LogP contribution >= 0.6 is 22.6 Å². The van der Waals surface area contributed by atoms with Crippen LogP contribution in [0, 0.1) is 26.1 Å². The second-order valence-corrected chi connectivity index (χ2v) is 7.15. The van der Waals surface area contributed by atoms with Crippen molar-refractivity contribution in [3.8, 4) is 0 Å². The molecular weight excluding hydrogens is 344 g/mol. The maximum atomic E-state index is 13.0. The normalized spacial score (nSPS) is 20.6. The summed E-state index contributed by atoms with van der Waals surface area (Å²) in [6, 6.07) is 4.39. The summed E-state index contributed by atoms with van der Waals surface area (Å²) >= 11 is 2.03. The van der Waals surface area contributed by atoms with Crippen LogP contribution in [-0.2, 0) is 4.79 Å². The van der Waals surface area contributed by atoms with E-state index in [1.54, 1.807) is 6.07 Å². The highest BCUT2D eigenvalue weighted by atomic mass is 127. The van der Waals surface area contributed by atoms with Gasteiger partial charge in [-0.3, -0.25) is 4.79 Å². The summed E-state index contributed by atoms with van der Waals surface area (Å²) in [5.74, 6) is -0.259. The highest BCUT2D eigenvalue weighted by Crippen LogP contribution is 2.68. The summed E-state index contributed by atoms with van der Waals surface area (Å²) in [5, 5.41) is 2.90. The fraction of sp³-hybridized carbons (Fsp3) is 0.500. The fourth-order valence-electron chi connectivity index (χ4n) is 2.65. The Balaban J connectivity index is 2.14. The van der Waals surface area contributed by atoms with E-state index in [0.29, 0.717) is 5.69 Å². The molecule has 98 valence electrons. The average Bonchev–Trinajstić information content (AvgIpc) is 2.62. The molecule has 0 heterocycles. The highest BCUT2D eigenvalue weighted by Gasteiger charge is 2.68. The smallest absolute Gasteiger partial charge is 0.228 e. The predicted octanol–water partition coefficient (Wildman–Crippen LogP) is 4.05. The molecule has 4 heteroatoms. The van der Waals surface area contributed by atoms with Crippen molar-refractivity contribution >= 4 is 34.2 Å². The van der Waals surface area contributed by atoms with Gasteiger partial charge < -0.3 is 5.32 Å². The molecule has 0 radical (unpaired) electrons. The Morgan fingerprint density at radius 3 is 2.28 bits per heavy atom. The number of halogens is 2. The van der Waals surface area contributed by atoms with Crippen LogP contribution < -0.4 is 5.32 Å². The van der Waals surface area contributed by atoms with Gasteiger partial charge in [0.05, 0.1) is 5.69 Å². The molecule has 0 bridgehead atoms. The molecule has 0 atom stereocenters. The standard InChI is InChI=1S/C14H17FINO/c1-13(2)11(14(13,3)4)12(18)17-10-6-5-8(15)7-9(10)16/h5-7,11H,1-4H3,(H,17,18). The SMILES string of the molecule is CC1(C)C(C(=O)Nc2ccc(F)cc2I)C1(C)C. The molecule has 1 fully saturated rings. The van der Waals surface area contributed by atoms with E-state index >= 15 is 0 Å². The number of anilines is 1. The lowest BCUT2D eigenvalue weighted by atomic mass is 10.0. The first-order chi connectivity index (χ1) is 8.18. The zero-order valence-corrected chi connectivity index (χ0v) is 13.1. The van der Waals surface area contributed by atoms with Gasteiger partial charge in [-0.25, -0.2) is 4.39 Å². The topological polar surface area (TPSA) is 29.1 Å². The number of carbonyl (C=O) groups excluding carboxylic acids is 1. The quantitative estimate of drug-likeness (QED) is 0.792. The molecule has 1 N–H and O–H groups in total. The molecule has 2 rings (SSSR count). The largest absolute Gasteiger partial charge is 0.325 e. The maximum absolute atomic E-state index is 13.0. The minimum absolute atomic E-state index is 0.00542. The molecule has 0 aromatic heterocycles. The van der Waals surface area contributed by atoms with E-state index < -0.39 is 0 Å². The molecule has 0 aliphatic heterocycles. The molecule has 1 aromatic carbocycles. The van der Waals surface area contributed by atoms with Gasteiger partial charge in [-0.2, -0.15) is 0 Å². The van der Waals surface area contributed by atoms with Crippen molar-refractivity contribution in [1.82, 2.24) is 0 Å². The third-order valence-electron chi connectivity index (χ3n) is 4.47. The van der Waals surface area contributed by atoms with E-state index in [1.807, 2.05) is 22.6 Å². The Labute approximate surface area is 120 Å². The maximum Gasteiger partial charge on any atom is 0.228 e. The van der Waals surface area contributed by atoms with Crippen molar-refractivity contribution < 1.29 is 9.18 Å². The predicted molar refractivity (Wildman–Crippen MR) is 78.8 cm³/mol. The third kappa shape index (κ3) is 2.04. The summed E-state index contributed by atoms with van der Waals surface area (Å²) in [5.41, 5.74) is 0.714. The lowest BCUT2D eigenvalue weighted by molar-refractivity contribution is -0.118. The Morgan fingerprint density at radius 1 is 1.28 bits per heavy atom. The van der Waals surface area contributed by atoms with Crippen LogP contribution in [0.15, 0.2) is 18.2 Å². The van der Waals surface area contributed by atoms with E-state index in [9.17, 15) is 9.18 Å². The first-order valence-corrected chi connectivity index (χ1v) is 7.01. The second kappa shape index (κ2) is 4.18. The number of rotatable bonds is 2. The van der Waals surface area contributed by atoms with Gasteiger partial charge in [0.15, 0.2) is 0 Å². The monoisotopic (exact) mass is 361 g/mol. The molecule has 2 nitrogen and oxygen atoms in total. The highest BCUT2D eigenvalue weighted by molar-refractivity contribution is 14.1. The van der Waals surface area contributed by atoms with E-state index in [0.717, 1.165) is 3.57 Å². The van der Waals surface area contributed by atoms with Gasteiger partial charge in [-0.1, -0.05) is 27.7 Å². The van der Waals surface area contributed by atoms with Crippen LogP contribution in [0.25, 0.3) is 0 Å². The second-order valence-electron chi connectivity index (χ2n) is 5.99. The summed E-state index contributed by atoms with van der Waals surface area (Å²) in [7, 11) is 0. The Morgan fingerprint density at radius 2 is 1.83 bits per heavy atom. The molecule has 1 saturated carbocycles. The number of hydrogen-bond donors (Lipinski definition) is 1. The van der Waals surface area contributed by atoms with Crippen molar-refractivity contribution in [3.05, 3.63) is 27.6 Å². The Bertz CT molecular complexity index is 497. The lowest BCUT2D eigenvalue weighted by Gasteiger charge is -2.08. The molecule has 1 aromatic rings. The molecule has 1 amide bonds. The lowest BCUT2D eigenvalue weighted by Crippen LogP contribution is -2.18. The van der Waals surface area contributed by atoms with Gasteiger partial charge in [-0.05, 0) is 51.6 Å². The first kappa shape index (κ1) is 13.8. The van der Waals surface area contributed by atoms with Gasteiger partial charge in [0, 0.05) is 9.49 Å². The zero-order chi connectivity index (χ0) is 13.7. The number of benzene rings is 1. The average molecular weight is 361 g/mol. The minimum Gasteiger partial charge on any atom is -0.325 e. The van der Waals surface area contributed by atoms with Crippen LogP contribution in [0.1, 0.15) is 27.7 Å². The Hall–Kier alpha value is -0.650. The van der Waals surface area contributed by atoms with Crippen molar-refractivity contribution in [1.29, 1.82) is 0 Å². The van der Waals surface area contributed by atoms with Crippen LogP contribution in [0.4, 0.5) is 10.1 Å². The number of carbonyl (C=O) groups is 1. The van der Waals surface area contributed by atoms with Crippen LogP contribution in [0.5, 0.6) is 0 Å². The van der Waals surface area contributed by atoms with E-state index in [1.165, 1.54) is 12.1 Å². The zero-order valence-electron chi connectivity index (χ0n) is 11.0.